The largest absolute Gasteiger partial charge is 0.507 e. The maximum Gasteiger partial charge on any atom is 0.274 e. The minimum Gasteiger partial charge on any atom is -0.507 e. The lowest BCUT2D eigenvalue weighted by Gasteiger charge is -2.04. The predicted octanol–water partition coefficient (Wildman–Crippen LogP) is 2.69. The molecule has 1 heterocycles. The SMILES string of the molecule is COc1ccc(/C(O)=C/c2nc3c(O)cccc3[nH]c2=O)cc1. The van der Waals surface area contributed by atoms with Gasteiger partial charge in [0.25, 0.3) is 5.56 Å². The molecule has 0 aliphatic heterocycles. The molecule has 1 aromatic heterocycles. The van der Waals surface area contributed by atoms with Crippen molar-refractivity contribution in [3.8, 4) is 11.5 Å². The van der Waals surface area contributed by atoms with Gasteiger partial charge in [-0.2, -0.15) is 0 Å². The van der Waals surface area contributed by atoms with Crippen LogP contribution in [0.5, 0.6) is 11.5 Å². The van der Waals surface area contributed by atoms with Crippen molar-refractivity contribution in [2.45, 2.75) is 0 Å². The van der Waals surface area contributed by atoms with E-state index in [0.717, 1.165) is 0 Å². The van der Waals surface area contributed by atoms with Crippen LogP contribution in [0.15, 0.2) is 47.3 Å². The Morgan fingerprint density at radius 1 is 1.22 bits per heavy atom. The summed E-state index contributed by atoms with van der Waals surface area (Å²) < 4.78 is 5.05. The molecule has 3 aromatic rings. The average Bonchev–Trinajstić information content (AvgIpc) is 2.56. The number of hydrogen-bond donors (Lipinski definition) is 3. The van der Waals surface area contributed by atoms with E-state index in [1.54, 1.807) is 43.5 Å². The van der Waals surface area contributed by atoms with Crippen LogP contribution >= 0.6 is 0 Å². The fourth-order valence-electron chi connectivity index (χ4n) is 2.18. The number of benzene rings is 2. The molecule has 0 amide bonds. The first-order chi connectivity index (χ1) is 11.1. The number of aromatic nitrogens is 2. The Labute approximate surface area is 131 Å². The van der Waals surface area contributed by atoms with Gasteiger partial charge in [0.15, 0.2) is 0 Å². The third-order valence-corrected chi connectivity index (χ3v) is 3.39. The van der Waals surface area contributed by atoms with Gasteiger partial charge in [-0.15, -0.1) is 0 Å². The summed E-state index contributed by atoms with van der Waals surface area (Å²) in [5.74, 6) is 0.505. The van der Waals surface area contributed by atoms with Crippen molar-refractivity contribution in [2.24, 2.45) is 0 Å². The van der Waals surface area contributed by atoms with Crippen molar-refractivity contribution in [2.75, 3.05) is 7.11 Å². The number of H-pyrrole nitrogens is 1. The molecular weight excluding hydrogens is 296 g/mol. The minimum absolute atomic E-state index is 0.00678. The van der Waals surface area contributed by atoms with Crippen molar-refractivity contribution < 1.29 is 14.9 Å². The van der Waals surface area contributed by atoms with Crippen molar-refractivity contribution >= 4 is 22.9 Å². The number of para-hydroxylation sites is 1. The van der Waals surface area contributed by atoms with Crippen molar-refractivity contribution in [1.29, 1.82) is 0 Å². The van der Waals surface area contributed by atoms with Crippen LogP contribution < -0.4 is 10.3 Å². The van der Waals surface area contributed by atoms with E-state index in [2.05, 4.69) is 9.97 Å². The standard InChI is InChI=1S/C17H14N2O4/c1-23-11-7-5-10(6-8-11)15(21)9-13-17(22)19-12-3-2-4-14(20)16(12)18-13/h2-9,20-21H,1H3,(H,19,22)/b15-9-. The fraction of sp³-hybridized carbons (Fsp3) is 0.0588. The molecule has 0 saturated carbocycles. The van der Waals surface area contributed by atoms with Crippen LogP contribution in [0.1, 0.15) is 11.3 Å². The van der Waals surface area contributed by atoms with Crippen LogP contribution in [0.25, 0.3) is 22.9 Å². The molecule has 2 aromatic carbocycles. The Morgan fingerprint density at radius 3 is 2.65 bits per heavy atom. The molecule has 0 aliphatic rings. The number of nitrogens with zero attached hydrogens (tertiary/aromatic N) is 1. The summed E-state index contributed by atoms with van der Waals surface area (Å²) >= 11 is 0. The van der Waals surface area contributed by atoms with Crippen LogP contribution in [-0.2, 0) is 0 Å². The normalized spacial score (nSPS) is 11.6. The molecule has 116 valence electrons. The number of nitrogens with one attached hydrogen (secondary N) is 1. The summed E-state index contributed by atoms with van der Waals surface area (Å²) in [4.78, 5) is 18.8. The quantitative estimate of drug-likeness (QED) is 0.646. The van der Waals surface area contributed by atoms with Crippen LogP contribution in [0.2, 0.25) is 0 Å². The third kappa shape index (κ3) is 2.87. The third-order valence-electron chi connectivity index (χ3n) is 3.39. The topological polar surface area (TPSA) is 95.4 Å². The van der Waals surface area contributed by atoms with Crippen LogP contribution in [0.3, 0.4) is 0 Å². The van der Waals surface area contributed by atoms with Gasteiger partial charge >= 0.3 is 0 Å². The number of aliphatic hydroxyl groups excluding tert-OH is 1. The van der Waals surface area contributed by atoms with E-state index >= 15 is 0 Å². The minimum atomic E-state index is -0.455. The molecule has 6 nitrogen and oxygen atoms in total. The predicted molar refractivity (Wildman–Crippen MR) is 87.5 cm³/mol. The Morgan fingerprint density at radius 2 is 1.96 bits per heavy atom. The second-order valence-corrected chi connectivity index (χ2v) is 4.88. The number of methoxy groups -OCH3 is 1. The molecular formula is C17H14N2O4. The molecule has 6 heteroatoms. The van der Waals surface area contributed by atoms with Gasteiger partial charge in [0.1, 0.15) is 28.5 Å². The summed E-state index contributed by atoms with van der Waals surface area (Å²) in [5.41, 5.74) is 0.761. The first kappa shape index (κ1) is 14.6. The lowest BCUT2D eigenvalue weighted by atomic mass is 10.1. The highest BCUT2D eigenvalue weighted by atomic mass is 16.5. The molecule has 3 N–H and O–H groups in total. The zero-order valence-electron chi connectivity index (χ0n) is 12.3. The number of aromatic hydroxyl groups is 1. The van der Waals surface area contributed by atoms with Crippen LogP contribution in [-0.4, -0.2) is 27.3 Å². The first-order valence-corrected chi connectivity index (χ1v) is 6.85. The number of aromatic amines is 1. The van der Waals surface area contributed by atoms with Crippen molar-refractivity contribution in [1.82, 2.24) is 9.97 Å². The average molecular weight is 310 g/mol. The monoisotopic (exact) mass is 310 g/mol. The molecule has 23 heavy (non-hydrogen) atoms. The molecule has 0 saturated heterocycles. The van der Waals surface area contributed by atoms with Crippen molar-refractivity contribution in [3.63, 3.8) is 0 Å². The second kappa shape index (κ2) is 5.84. The number of rotatable bonds is 3. The van der Waals surface area contributed by atoms with Gasteiger partial charge < -0.3 is 19.9 Å². The van der Waals surface area contributed by atoms with E-state index in [9.17, 15) is 15.0 Å². The van der Waals surface area contributed by atoms with Crippen molar-refractivity contribution in [3.05, 3.63) is 64.1 Å². The van der Waals surface area contributed by atoms with Gasteiger partial charge in [-0.25, -0.2) is 4.98 Å². The van der Waals surface area contributed by atoms with E-state index in [-0.39, 0.29) is 22.7 Å². The molecule has 3 rings (SSSR count). The summed E-state index contributed by atoms with van der Waals surface area (Å²) in [6.45, 7) is 0. The van der Waals surface area contributed by atoms with E-state index in [1.165, 1.54) is 12.1 Å². The van der Waals surface area contributed by atoms with Crippen LogP contribution in [0, 0.1) is 0 Å². The number of aliphatic hydroxyl groups is 1. The lowest BCUT2D eigenvalue weighted by Crippen LogP contribution is -2.12. The smallest absolute Gasteiger partial charge is 0.274 e. The molecule has 0 aliphatic carbocycles. The maximum atomic E-state index is 12.0. The summed E-state index contributed by atoms with van der Waals surface area (Å²) in [6.07, 6.45) is 1.26. The van der Waals surface area contributed by atoms with Gasteiger partial charge in [0, 0.05) is 11.6 Å². The number of phenolic OH excluding ortho intramolecular Hbond substituents is 1. The summed E-state index contributed by atoms with van der Waals surface area (Å²) in [7, 11) is 1.55. The number of phenols is 1. The molecule has 0 fully saturated rings. The Balaban J connectivity index is 2.06. The highest BCUT2D eigenvalue weighted by Crippen LogP contribution is 2.21. The van der Waals surface area contributed by atoms with E-state index in [4.69, 9.17) is 4.74 Å². The zero-order chi connectivity index (χ0) is 16.4. The lowest BCUT2D eigenvalue weighted by molar-refractivity contribution is 0.414. The highest BCUT2D eigenvalue weighted by Gasteiger charge is 2.08. The number of ether oxygens (including phenoxy) is 1. The fourth-order valence-corrected chi connectivity index (χ4v) is 2.18. The Hall–Kier alpha value is -3.28. The second-order valence-electron chi connectivity index (χ2n) is 4.88. The molecule has 0 unspecified atom stereocenters. The zero-order valence-corrected chi connectivity index (χ0v) is 12.3. The van der Waals surface area contributed by atoms with Gasteiger partial charge in [-0.05, 0) is 36.4 Å². The molecule has 0 bridgehead atoms. The number of hydrogen-bond acceptors (Lipinski definition) is 5. The molecule has 0 atom stereocenters. The summed E-state index contributed by atoms with van der Waals surface area (Å²) in [5, 5.41) is 20.0. The van der Waals surface area contributed by atoms with Gasteiger partial charge in [0.05, 0.1) is 12.6 Å². The number of fused-ring (bicyclic) bond motifs is 1. The molecule has 0 radical (unpaired) electrons. The molecule has 0 spiro atoms. The highest BCUT2D eigenvalue weighted by molar-refractivity contribution is 5.83. The van der Waals surface area contributed by atoms with Crippen LogP contribution in [0.4, 0.5) is 0 Å². The van der Waals surface area contributed by atoms with Gasteiger partial charge in [-0.3, -0.25) is 4.79 Å². The van der Waals surface area contributed by atoms with Gasteiger partial charge in [0.2, 0.25) is 0 Å². The van der Waals surface area contributed by atoms with E-state index in [1.807, 2.05) is 0 Å². The van der Waals surface area contributed by atoms with Gasteiger partial charge in [-0.1, -0.05) is 6.07 Å². The Bertz CT molecular complexity index is 943. The first-order valence-electron chi connectivity index (χ1n) is 6.85. The Kier molecular flexibility index (Phi) is 3.72. The maximum absolute atomic E-state index is 12.0. The van der Waals surface area contributed by atoms with E-state index < -0.39 is 5.56 Å². The van der Waals surface area contributed by atoms with E-state index in [0.29, 0.717) is 16.8 Å². The summed E-state index contributed by atoms with van der Waals surface area (Å²) in [6, 6.07) is 11.5.